The smallest absolute Gasteiger partial charge is 0.355 e. The molecule has 2 aliphatic rings. The molecule has 1 unspecified atom stereocenters. The molecular weight excluding hydrogens is 450 g/mol. The van der Waals surface area contributed by atoms with E-state index < -0.39 is 17.4 Å². The SMILES string of the molecule is COC(=O)C1=C(C(=O)OC)N2CCCC2C(c2ccccc2)(c2ccccc2)C=C1c1ccccc1. The maximum Gasteiger partial charge on any atom is 0.355 e. The molecule has 0 N–H and O–H groups in total. The van der Waals surface area contributed by atoms with Crippen LogP contribution in [-0.2, 0) is 24.5 Å². The number of carbonyl (C=O) groups is 2. The predicted molar refractivity (Wildman–Crippen MR) is 139 cm³/mol. The van der Waals surface area contributed by atoms with E-state index >= 15 is 0 Å². The molecule has 182 valence electrons. The number of esters is 2. The van der Waals surface area contributed by atoms with E-state index in [1.807, 2.05) is 66.7 Å². The van der Waals surface area contributed by atoms with Crippen LogP contribution in [0.1, 0.15) is 29.5 Å². The van der Waals surface area contributed by atoms with Gasteiger partial charge < -0.3 is 14.4 Å². The van der Waals surface area contributed by atoms with E-state index in [9.17, 15) is 9.59 Å². The molecule has 0 amide bonds. The van der Waals surface area contributed by atoms with Gasteiger partial charge in [0.05, 0.1) is 25.2 Å². The number of hydrogen-bond donors (Lipinski definition) is 0. The van der Waals surface area contributed by atoms with Crippen molar-refractivity contribution in [3.63, 3.8) is 0 Å². The Morgan fingerprint density at radius 2 is 1.31 bits per heavy atom. The fourth-order valence-electron chi connectivity index (χ4n) is 5.79. The quantitative estimate of drug-likeness (QED) is 0.475. The normalized spacial score (nSPS) is 18.7. The molecule has 3 aromatic rings. The fourth-order valence-corrected chi connectivity index (χ4v) is 5.79. The second-order valence-electron chi connectivity index (χ2n) is 9.08. The highest BCUT2D eigenvalue weighted by molar-refractivity contribution is 6.13. The van der Waals surface area contributed by atoms with Crippen molar-refractivity contribution in [2.45, 2.75) is 24.3 Å². The summed E-state index contributed by atoms with van der Waals surface area (Å²) in [5.41, 5.74) is 3.53. The predicted octanol–water partition coefficient (Wildman–Crippen LogP) is 5.13. The van der Waals surface area contributed by atoms with Crippen LogP contribution in [0.3, 0.4) is 0 Å². The topological polar surface area (TPSA) is 55.8 Å². The molecule has 1 atom stereocenters. The molecule has 36 heavy (non-hydrogen) atoms. The second-order valence-corrected chi connectivity index (χ2v) is 9.08. The van der Waals surface area contributed by atoms with Gasteiger partial charge in [-0.3, -0.25) is 0 Å². The molecule has 3 aromatic carbocycles. The summed E-state index contributed by atoms with van der Waals surface area (Å²) >= 11 is 0. The first-order valence-corrected chi connectivity index (χ1v) is 12.2. The van der Waals surface area contributed by atoms with Crippen molar-refractivity contribution in [3.05, 3.63) is 125 Å². The average molecular weight is 480 g/mol. The standard InChI is InChI=1S/C31H29NO4/c1-35-29(33)27-25(22-13-6-3-7-14-22)21-31(23-15-8-4-9-16-23,24-17-10-5-11-18-24)26-19-12-20-32(26)28(27)30(34)36-2/h3-11,13-18,21,26H,12,19-20H2,1-2H3. The Balaban J connectivity index is 1.94. The third-order valence-corrected chi connectivity index (χ3v) is 7.30. The first-order chi connectivity index (χ1) is 17.6. The van der Waals surface area contributed by atoms with Gasteiger partial charge in [0.15, 0.2) is 0 Å². The van der Waals surface area contributed by atoms with Gasteiger partial charge in [0.1, 0.15) is 5.70 Å². The first-order valence-electron chi connectivity index (χ1n) is 12.2. The van der Waals surface area contributed by atoms with Crippen LogP contribution < -0.4 is 0 Å². The lowest BCUT2D eigenvalue weighted by molar-refractivity contribution is -0.140. The summed E-state index contributed by atoms with van der Waals surface area (Å²) in [6, 6.07) is 30.3. The third kappa shape index (κ3) is 3.81. The summed E-state index contributed by atoms with van der Waals surface area (Å²) in [6.45, 7) is 0.632. The molecule has 5 nitrogen and oxygen atoms in total. The van der Waals surface area contributed by atoms with Gasteiger partial charge in [-0.15, -0.1) is 0 Å². The number of fused-ring (bicyclic) bond motifs is 1. The number of hydrogen-bond acceptors (Lipinski definition) is 5. The van der Waals surface area contributed by atoms with Crippen LogP contribution in [0.2, 0.25) is 0 Å². The Kier molecular flexibility index (Phi) is 6.47. The summed E-state index contributed by atoms with van der Waals surface area (Å²) in [5.74, 6) is -1.10. The van der Waals surface area contributed by atoms with Gasteiger partial charge in [-0.1, -0.05) is 97.1 Å². The van der Waals surface area contributed by atoms with E-state index in [1.54, 1.807) is 0 Å². The Bertz CT molecular complexity index is 1270. The van der Waals surface area contributed by atoms with Crippen molar-refractivity contribution in [1.29, 1.82) is 0 Å². The van der Waals surface area contributed by atoms with E-state index in [4.69, 9.17) is 9.47 Å². The van der Waals surface area contributed by atoms with E-state index in [0.29, 0.717) is 12.1 Å². The summed E-state index contributed by atoms with van der Waals surface area (Å²) < 4.78 is 10.5. The van der Waals surface area contributed by atoms with Crippen molar-refractivity contribution < 1.29 is 19.1 Å². The third-order valence-electron chi connectivity index (χ3n) is 7.30. The zero-order valence-corrected chi connectivity index (χ0v) is 20.5. The Morgan fingerprint density at radius 3 is 1.83 bits per heavy atom. The Morgan fingerprint density at radius 1 is 0.778 bits per heavy atom. The van der Waals surface area contributed by atoms with E-state index in [0.717, 1.165) is 29.5 Å². The Labute approximate surface area is 211 Å². The van der Waals surface area contributed by atoms with Gasteiger partial charge in [-0.2, -0.15) is 0 Å². The number of ether oxygens (including phenoxy) is 2. The minimum Gasteiger partial charge on any atom is -0.465 e. The number of carbonyl (C=O) groups excluding carboxylic acids is 2. The van der Waals surface area contributed by atoms with Crippen LogP contribution in [0.15, 0.2) is 108 Å². The number of nitrogens with zero attached hydrogens (tertiary/aromatic N) is 1. The number of benzene rings is 3. The molecule has 0 aromatic heterocycles. The van der Waals surface area contributed by atoms with Crippen LogP contribution in [0.5, 0.6) is 0 Å². The highest BCUT2D eigenvalue weighted by Gasteiger charge is 2.51. The fraction of sp³-hybridized carbons (Fsp3) is 0.226. The van der Waals surface area contributed by atoms with E-state index in [2.05, 4.69) is 35.2 Å². The first kappa shape index (κ1) is 23.6. The van der Waals surface area contributed by atoms with Crippen molar-refractivity contribution in [1.82, 2.24) is 4.90 Å². The summed E-state index contributed by atoms with van der Waals surface area (Å²) in [6.07, 6.45) is 3.91. The maximum absolute atomic E-state index is 13.5. The molecule has 5 heteroatoms. The zero-order chi connectivity index (χ0) is 25.1. The van der Waals surface area contributed by atoms with E-state index in [1.165, 1.54) is 14.2 Å². The largest absolute Gasteiger partial charge is 0.465 e. The van der Waals surface area contributed by atoms with Gasteiger partial charge in [-0.05, 0) is 35.1 Å². The van der Waals surface area contributed by atoms with Crippen molar-refractivity contribution in [3.8, 4) is 0 Å². The van der Waals surface area contributed by atoms with E-state index in [-0.39, 0.29) is 17.3 Å². The van der Waals surface area contributed by atoms with Gasteiger partial charge in [-0.25, -0.2) is 9.59 Å². The molecule has 0 radical (unpaired) electrons. The number of rotatable bonds is 5. The van der Waals surface area contributed by atoms with Crippen LogP contribution >= 0.6 is 0 Å². The molecule has 5 rings (SSSR count). The molecular formula is C31H29NO4. The highest BCUT2D eigenvalue weighted by atomic mass is 16.5. The van der Waals surface area contributed by atoms with Crippen molar-refractivity contribution in [2.75, 3.05) is 20.8 Å². The second kappa shape index (κ2) is 9.86. The van der Waals surface area contributed by atoms with Crippen LogP contribution in [0.4, 0.5) is 0 Å². The number of methoxy groups -OCH3 is 2. The van der Waals surface area contributed by atoms with Crippen LogP contribution in [-0.4, -0.2) is 43.6 Å². The minimum atomic E-state index is -0.640. The molecule has 0 spiro atoms. The summed E-state index contributed by atoms with van der Waals surface area (Å²) in [5, 5.41) is 0. The molecule has 2 heterocycles. The monoisotopic (exact) mass is 479 g/mol. The van der Waals surface area contributed by atoms with Gasteiger partial charge >= 0.3 is 11.9 Å². The molecule has 2 aliphatic heterocycles. The average Bonchev–Trinajstić information content (AvgIpc) is 3.38. The van der Waals surface area contributed by atoms with Gasteiger partial charge in [0, 0.05) is 12.6 Å². The molecule has 1 fully saturated rings. The Hall–Kier alpha value is -4.12. The lowest BCUT2D eigenvalue weighted by Gasteiger charge is -2.42. The van der Waals surface area contributed by atoms with Gasteiger partial charge in [0.2, 0.25) is 0 Å². The van der Waals surface area contributed by atoms with Crippen molar-refractivity contribution >= 4 is 17.5 Å². The maximum atomic E-state index is 13.5. The van der Waals surface area contributed by atoms with Crippen molar-refractivity contribution in [2.24, 2.45) is 0 Å². The van der Waals surface area contributed by atoms with Crippen LogP contribution in [0.25, 0.3) is 5.57 Å². The molecule has 0 aliphatic carbocycles. The van der Waals surface area contributed by atoms with Gasteiger partial charge in [0.25, 0.3) is 0 Å². The molecule has 0 bridgehead atoms. The summed E-state index contributed by atoms with van der Waals surface area (Å²) in [4.78, 5) is 28.9. The van der Waals surface area contributed by atoms with Crippen LogP contribution in [0, 0.1) is 0 Å². The summed E-state index contributed by atoms with van der Waals surface area (Å²) in [7, 11) is 2.70. The minimum absolute atomic E-state index is 0.114. The highest BCUT2D eigenvalue weighted by Crippen LogP contribution is 2.50. The zero-order valence-electron chi connectivity index (χ0n) is 20.5. The molecule has 1 saturated heterocycles. The lowest BCUT2D eigenvalue weighted by atomic mass is 9.67. The molecule has 0 saturated carbocycles. The lowest BCUT2D eigenvalue weighted by Crippen LogP contribution is -2.47.